The molecule has 1 aliphatic rings. The lowest BCUT2D eigenvalue weighted by molar-refractivity contribution is -0.141. The number of rotatable bonds is 5. The fourth-order valence-electron chi connectivity index (χ4n) is 2.55. The quantitative estimate of drug-likeness (QED) is 0.877. The van der Waals surface area contributed by atoms with Gasteiger partial charge >= 0.3 is 5.97 Å². The van der Waals surface area contributed by atoms with E-state index in [1.807, 2.05) is 24.3 Å². The minimum Gasteiger partial charge on any atom is -0.481 e. The SMILES string of the molecule is O=C(CCc1ccc(Cl)cc1)N[C@@H]1CC[C@H](C(=O)O)C1. The summed E-state index contributed by atoms with van der Waals surface area (Å²) in [6.45, 7) is 0. The van der Waals surface area contributed by atoms with Crippen LogP contribution in [-0.2, 0) is 16.0 Å². The summed E-state index contributed by atoms with van der Waals surface area (Å²) < 4.78 is 0. The van der Waals surface area contributed by atoms with Crippen molar-refractivity contribution in [2.24, 2.45) is 5.92 Å². The summed E-state index contributed by atoms with van der Waals surface area (Å²) in [6.07, 6.45) is 3.02. The van der Waals surface area contributed by atoms with Gasteiger partial charge in [-0.15, -0.1) is 0 Å². The van der Waals surface area contributed by atoms with Crippen LogP contribution >= 0.6 is 11.6 Å². The van der Waals surface area contributed by atoms with Gasteiger partial charge in [0, 0.05) is 17.5 Å². The van der Waals surface area contributed by atoms with Crippen LogP contribution in [0.15, 0.2) is 24.3 Å². The highest BCUT2D eigenvalue weighted by Crippen LogP contribution is 2.25. The maximum atomic E-state index is 11.8. The van der Waals surface area contributed by atoms with Crippen LogP contribution in [0.5, 0.6) is 0 Å². The molecule has 1 aromatic rings. The average molecular weight is 296 g/mol. The molecule has 108 valence electrons. The maximum Gasteiger partial charge on any atom is 0.306 e. The van der Waals surface area contributed by atoms with Gasteiger partial charge in [0.2, 0.25) is 5.91 Å². The van der Waals surface area contributed by atoms with Crippen LogP contribution in [-0.4, -0.2) is 23.0 Å². The minimum atomic E-state index is -0.761. The van der Waals surface area contributed by atoms with Crippen molar-refractivity contribution in [3.05, 3.63) is 34.9 Å². The number of hydrogen-bond acceptors (Lipinski definition) is 2. The second-order valence-electron chi connectivity index (χ2n) is 5.24. The minimum absolute atomic E-state index is 0.00816. The smallest absolute Gasteiger partial charge is 0.306 e. The molecule has 1 saturated carbocycles. The largest absolute Gasteiger partial charge is 0.481 e. The zero-order valence-electron chi connectivity index (χ0n) is 11.1. The predicted octanol–water partition coefficient (Wildman–Crippen LogP) is 2.64. The van der Waals surface area contributed by atoms with Gasteiger partial charge in [-0.25, -0.2) is 0 Å². The first-order valence-electron chi connectivity index (χ1n) is 6.81. The van der Waals surface area contributed by atoms with E-state index in [4.69, 9.17) is 16.7 Å². The number of carbonyl (C=O) groups excluding carboxylic acids is 1. The summed E-state index contributed by atoms with van der Waals surface area (Å²) in [6, 6.07) is 7.44. The normalized spacial score (nSPS) is 21.6. The van der Waals surface area contributed by atoms with Crippen molar-refractivity contribution in [1.29, 1.82) is 0 Å². The number of amides is 1. The second-order valence-corrected chi connectivity index (χ2v) is 5.68. The van der Waals surface area contributed by atoms with E-state index in [9.17, 15) is 9.59 Å². The highest BCUT2D eigenvalue weighted by Gasteiger charge is 2.30. The maximum absolute atomic E-state index is 11.8. The van der Waals surface area contributed by atoms with E-state index < -0.39 is 5.97 Å². The Morgan fingerprint density at radius 3 is 2.55 bits per heavy atom. The Morgan fingerprint density at radius 2 is 1.95 bits per heavy atom. The van der Waals surface area contributed by atoms with Crippen molar-refractivity contribution in [2.75, 3.05) is 0 Å². The topological polar surface area (TPSA) is 66.4 Å². The molecular weight excluding hydrogens is 278 g/mol. The molecule has 20 heavy (non-hydrogen) atoms. The first kappa shape index (κ1) is 14.9. The van der Waals surface area contributed by atoms with E-state index in [0.29, 0.717) is 30.7 Å². The standard InChI is InChI=1S/C15H18ClNO3/c16-12-5-1-10(2-6-12)3-8-14(18)17-13-7-4-11(9-13)15(19)20/h1-2,5-6,11,13H,3-4,7-9H2,(H,17,18)(H,19,20)/t11-,13+/m0/s1. The van der Waals surface area contributed by atoms with Crippen molar-refractivity contribution in [2.45, 2.75) is 38.1 Å². The molecule has 0 radical (unpaired) electrons. The molecule has 1 aromatic carbocycles. The van der Waals surface area contributed by atoms with E-state index >= 15 is 0 Å². The van der Waals surface area contributed by atoms with Gasteiger partial charge in [0.15, 0.2) is 0 Å². The van der Waals surface area contributed by atoms with Gasteiger partial charge in [0.05, 0.1) is 5.92 Å². The first-order chi connectivity index (χ1) is 9.54. The van der Waals surface area contributed by atoms with Crippen LogP contribution in [0.4, 0.5) is 0 Å². The number of aryl methyl sites for hydroxylation is 1. The third-order valence-corrected chi connectivity index (χ3v) is 3.95. The van der Waals surface area contributed by atoms with E-state index in [2.05, 4.69) is 5.32 Å². The predicted molar refractivity (Wildman–Crippen MR) is 76.7 cm³/mol. The van der Waals surface area contributed by atoms with E-state index in [-0.39, 0.29) is 17.9 Å². The molecule has 4 nitrogen and oxygen atoms in total. The third-order valence-electron chi connectivity index (χ3n) is 3.70. The molecule has 2 rings (SSSR count). The van der Waals surface area contributed by atoms with Gasteiger partial charge in [-0.2, -0.15) is 0 Å². The van der Waals surface area contributed by atoms with Gasteiger partial charge in [-0.05, 0) is 43.4 Å². The van der Waals surface area contributed by atoms with Crippen LogP contribution in [0.25, 0.3) is 0 Å². The molecule has 1 fully saturated rings. The lowest BCUT2D eigenvalue weighted by atomic mass is 10.1. The molecule has 5 heteroatoms. The van der Waals surface area contributed by atoms with Crippen LogP contribution < -0.4 is 5.32 Å². The van der Waals surface area contributed by atoms with Gasteiger partial charge in [0.25, 0.3) is 0 Å². The molecule has 0 bridgehead atoms. The highest BCUT2D eigenvalue weighted by atomic mass is 35.5. The Kier molecular flexibility index (Phi) is 5.01. The molecular formula is C15H18ClNO3. The van der Waals surface area contributed by atoms with Crippen molar-refractivity contribution >= 4 is 23.5 Å². The van der Waals surface area contributed by atoms with Crippen molar-refractivity contribution in [1.82, 2.24) is 5.32 Å². The number of hydrogen-bond donors (Lipinski definition) is 2. The second kappa shape index (κ2) is 6.75. The van der Waals surface area contributed by atoms with E-state index in [0.717, 1.165) is 12.0 Å². The third kappa shape index (κ3) is 4.23. The van der Waals surface area contributed by atoms with Crippen LogP contribution in [0.3, 0.4) is 0 Å². The number of carboxylic acid groups (broad SMARTS) is 1. The fourth-order valence-corrected chi connectivity index (χ4v) is 2.67. The number of carboxylic acids is 1. The molecule has 1 aliphatic carbocycles. The van der Waals surface area contributed by atoms with Crippen LogP contribution in [0.1, 0.15) is 31.2 Å². The molecule has 0 saturated heterocycles. The van der Waals surface area contributed by atoms with Crippen molar-refractivity contribution in [3.63, 3.8) is 0 Å². The monoisotopic (exact) mass is 295 g/mol. The molecule has 0 aliphatic heterocycles. The van der Waals surface area contributed by atoms with Crippen molar-refractivity contribution in [3.8, 4) is 0 Å². The molecule has 2 atom stereocenters. The lowest BCUT2D eigenvalue weighted by Gasteiger charge is -2.12. The van der Waals surface area contributed by atoms with Gasteiger partial charge in [-0.3, -0.25) is 9.59 Å². The number of benzene rings is 1. The number of nitrogens with one attached hydrogen (secondary N) is 1. The molecule has 1 amide bonds. The van der Waals surface area contributed by atoms with E-state index in [1.165, 1.54) is 0 Å². The van der Waals surface area contributed by atoms with Gasteiger partial charge < -0.3 is 10.4 Å². The molecule has 2 N–H and O–H groups in total. The summed E-state index contributed by atoms with van der Waals surface area (Å²) >= 11 is 5.80. The van der Waals surface area contributed by atoms with Gasteiger partial charge in [0.1, 0.15) is 0 Å². The zero-order valence-corrected chi connectivity index (χ0v) is 11.9. The number of halogens is 1. The summed E-state index contributed by atoms with van der Waals surface area (Å²) in [5, 5.41) is 12.5. The Hall–Kier alpha value is -1.55. The Balaban J connectivity index is 1.73. The van der Waals surface area contributed by atoms with Gasteiger partial charge in [-0.1, -0.05) is 23.7 Å². The molecule has 0 unspecified atom stereocenters. The number of aliphatic carboxylic acids is 1. The number of carbonyl (C=O) groups is 2. The van der Waals surface area contributed by atoms with Crippen LogP contribution in [0, 0.1) is 5.92 Å². The van der Waals surface area contributed by atoms with Crippen molar-refractivity contribution < 1.29 is 14.7 Å². The summed E-state index contributed by atoms with van der Waals surface area (Å²) in [4.78, 5) is 22.7. The Labute approximate surface area is 123 Å². The summed E-state index contributed by atoms with van der Waals surface area (Å²) in [5.41, 5.74) is 1.07. The molecule has 0 aromatic heterocycles. The average Bonchev–Trinajstić information content (AvgIpc) is 2.87. The molecule has 0 heterocycles. The van der Waals surface area contributed by atoms with Crippen LogP contribution in [0.2, 0.25) is 5.02 Å². The molecule has 0 spiro atoms. The summed E-state index contributed by atoms with van der Waals surface area (Å²) in [5.74, 6) is -1.09. The fraction of sp³-hybridized carbons (Fsp3) is 0.467. The Bertz CT molecular complexity index is 486. The summed E-state index contributed by atoms with van der Waals surface area (Å²) in [7, 11) is 0. The highest BCUT2D eigenvalue weighted by molar-refractivity contribution is 6.30. The zero-order chi connectivity index (χ0) is 14.5. The Morgan fingerprint density at radius 1 is 1.25 bits per heavy atom. The lowest BCUT2D eigenvalue weighted by Crippen LogP contribution is -2.33. The first-order valence-corrected chi connectivity index (χ1v) is 7.19. The van der Waals surface area contributed by atoms with E-state index in [1.54, 1.807) is 0 Å².